The normalized spacial score (nSPS) is 20.4. The number of anilines is 3. The van der Waals surface area contributed by atoms with Gasteiger partial charge in [0, 0.05) is 53.7 Å². The molecule has 11 nitrogen and oxygen atoms in total. The quantitative estimate of drug-likeness (QED) is 0.251. The molecule has 1 amide bonds. The van der Waals surface area contributed by atoms with Crippen LogP contribution in [0.2, 0.25) is 0 Å². The summed E-state index contributed by atoms with van der Waals surface area (Å²) in [6.07, 6.45) is 4.15. The fourth-order valence-corrected chi connectivity index (χ4v) is 5.71. The standard InChI is InChI=1S/C32H33F2N9O2/c1-19-13-23(19)31(44)36-26-14-24-25(15-35-30(28(24)39-38-26)41(2)16-20-5-8-22(45-3)9-6-20)29-37-27-10-7-21(17-43(27)40-29)42-12-4-11-32(33,34)18-42/h5-10,14-15,17,19,23H,4,11-13,16,18H2,1-3H3,(H,36,38,44)/t19-,23+/m1/s1/i2D3. The molecule has 5 heterocycles. The number of alkyl halides is 2. The third kappa shape index (κ3) is 5.81. The number of carbonyl (C=O) groups excluding carboxylic acids is 1. The summed E-state index contributed by atoms with van der Waals surface area (Å²) in [6.45, 7) is -0.509. The average Bonchev–Trinajstić information content (AvgIpc) is 3.64. The first-order chi connectivity index (χ1) is 22.9. The van der Waals surface area contributed by atoms with Crippen LogP contribution in [0.4, 0.5) is 26.1 Å². The van der Waals surface area contributed by atoms with Crippen molar-refractivity contribution in [1.29, 1.82) is 0 Å². The van der Waals surface area contributed by atoms with E-state index < -0.39 is 12.9 Å². The van der Waals surface area contributed by atoms with Crippen LogP contribution >= 0.6 is 0 Å². The Morgan fingerprint density at radius 3 is 2.78 bits per heavy atom. The van der Waals surface area contributed by atoms with Crippen molar-refractivity contribution in [2.45, 2.75) is 38.7 Å². The zero-order valence-corrected chi connectivity index (χ0v) is 24.7. The molecule has 1 saturated heterocycles. The summed E-state index contributed by atoms with van der Waals surface area (Å²) >= 11 is 0. The molecule has 1 aromatic carbocycles. The highest BCUT2D eigenvalue weighted by Crippen LogP contribution is 2.39. The van der Waals surface area contributed by atoms with Gasteiger partial charge in [0.05, 0.1) is 25.5 Å². The molecule has 2 fully saturated rings. The summed E-state index contributed by atoms with van der Waals surface area (Å²) < 4.78 is 60.2. The fourth-order valence-electron chi connectivity index (χ4n) is 5.71. The number of rotatable bonds is 8. The Morgan fingerprint density at radius 1 is 1.22 bits per heavy atom. The van der Waals surface area contributed by atoms with E-state index in [-0.39, 0.29) is 60.2 Å². The smallest absolute Gasteiger partial charge is 0.265 e. The predicted octanol–water partition coefficient (Wildman–Crippen LogP) is 5.21. The van der Waals surface area contributed by atoms with Gasteiger partial charge < -0.3 is 19.9 Å². The average molecular weight is 617 g/mol. The van der Waals surface area contributed by atoms with E-state index in [1.807, 2.05) is 6.92 Å². The molecule has 13 heteroatoms. The molecule has 0 radical (unpaired) electrons. The molecule has 232 valence electrons. The van der Waals surface area contributed by atoms with E-state index in [4.69, 9.17) is 8.85 Å². The summed E-state index contributed by atoms with van der Waals surface area (Å²) in [5.74, 6) is -1.64. The monoisotopic (exact) mass is 616 g/mol. The number of aromatic nitrogens is 6. The van der Waals surface area contributed by atoms with Crippen molar-refractivity contribution in [3.63, 3.8) is 0 Å². The first kappa shape index (κ1) is 25.4. The van der Waals surface area contributed by atoms with Gasteiger partial charge in [0.25, 0.3) is 5.92 Å². The number of pyridine rings is 2. The number of methoxy groups -OCH3 is 1. The van der Waals surface area contributed by atoms with Crippen molar-refractivity contribution in [1.82, 2.24) is 29.8 Å². The van der Waals surface area contributed by atoms with Gasteiger partial charge in [0.15, 0.2) is 23.1 Å². The first-order valence-corrected chi connectivity index (χ1v) is 14.8. The molecule has 0 bridgehead atoms. The van der Waals surface area contributed by atoms with E-state index >= 15 is 0 Å². The summed E-state index contributed by atoms with van der Waals surface area (Å²) in [6, 6.07) is 12.1. The molecule has 0 unspecified atom stereocenters. The summed E-state index contributed by atoms with van der Waals surface area (Å²) in [4.78, 5) is 24.8. The van der Waals surface area contributed by atoms with E-state index in [9.17, 15) is 13.6 Å². The van der Waals surface area contributed by atoms with Crippen molar-refractivity contribution in [2.24, 2.45) is 11.8 Å². The highest BCUT2D eigenvalue weighted by atomic mass is 19.3. The molecule has 0 spiro atoms. The number of carbonyl (C=O) groups is 1. The lowest BCUT2D eigenvalue weighted by Gasteiger charge is -2.33. The van der Waals surface area contributed by atoms with Gasteiger partial charge in [0.2, 0.25) is 5.91 Å². The number of ether oxygens (including phenoxy) is 1. The van der Waals surface area contributed by atoms with Crippen molar-refractivity contribution in [3.8, 4) is 17.1 Å². The molecule has 1 N–H and O–H groups in total. The van der Waals surface area contributed by atoms with Crippen LogP contribution in [-0.2, 0) is 11.3 Å². The Balaban J connectivity index is 1.31. The third-order valence-corrected chi connectivity index (χ3v) is 8.38. The highest BCUT2D eigenvalue weighted by molar-refractivity contribution is 6.01. The van der Waals surface area contributed by atoms with Crippen LogP contribution in [0.3, 0.4) is 0 Å². The molecule has 5 aromatic rings. The van der Waals surface area contributed by atoms with E-state index in [0.29, 0.717) is 46.6 Å². The molecule has 4 aromatic heterocycles. The minimum Gasteiger partial charge on any atom is -0.497 e. The van der Waals surface area contributed by atoms with Crippen molar-refractivity contribution in [2.75, 3.05) is 42.3 Å². The van der Waals surface area contributed by atoms with Gasteiger partial charge in [-0.15, -0.1) is 15.3 Å². The van der Waals surface area contributed by atoms with Crippen molar-refractivity contribution in [3.05, 3.63) is 60.4 Å². The fraction of sp³-hybridized carbons (Fsp3) is 0.375. The Hall–Kier alpha value is -4.94. The maximum absolute atomic E-state index is 14.2. The SMILES string of the molecule is [2H]C([2H])([2H])N(Cc1ccc(OC)cc1)c1ncc(-c2nc3ccc(N4CCCC(F)(F)C4)cn3n2)c2cc(NC(=O)[C@H]3C[C@H]3C)nnc12. The van der Waals surface area contributed by atoms with Gasteiger partial charge in [0.1, 0.15) is 11.3 Å². The Kier molecular flexibility index (Phi) is 6.32. The van der Waals surface area contributed by atoms with Gasteiger partial charge in [-0.1, -0.05) is 19.1 Å². The van der Waals surface area contributed by atoms with Gasteiger partial charge in [-0.3, -0.25) is 4.79 Å². The van der Waals surface area contributed by atoms with E-state index in [0.717, 1.165) is 11.3 Å². The summed E-state index contributed by atoms with van der Waals surface area (Å²) in [5, 5.41) is 16.5. The second-order valence-electron chi connectivity index (χ2n) is 11.7. The Labute approximate surface area is 262 Å². The second kappa shape index (κ2) is 11.2. The molecule has 1 saturated carbocycles. The molecule has 2 aliphatic rings. The van der Waals surface area contributed by atoms with Gasteiger partial charge >= 0.3 is 0 Å². The lowest BCUT2D eigenvalue weighted by molar-refractivity contribution is -0.117. The molecule has 45 heavy (non-hydrogen) atoms. The van der Waals surface area contributed by atoms with Crippen LogP contribution in [0, 0.1) is 11.8 Å². The molecule has 1 aliphatic heterocycles. The zero-order valence-electron chi connectivity index (χ0n) is 27.7. The number of nitrogens with one attached hydrogen (secondary N) is 1. The van der Waals surface area contributed by atoms with Crippen LogP contribution in [0.5, 0.6) is 5.75 Å². The largest absolute Gasteiger partial charge is 0.497 e. The van der Waals surface area contributed by atoms with Crippen molar-refractivity contribution >= 4 is 39.8 Å². The number of benzene rings is 1. The van der Waals surface area contributed by atoms with E-state index in [1.165, 1.54) is 10.7 Å². The van der Waals surface area contributed by atoms with Gasteiger partial charge in [-0.2, -0.15) is 0 Å². The first-order valence-electron chi connectivity index (χ1n) is 16.3. The van der Waals surface area contributed by atoms with Crippen LogP contribution in [-0.4, -0.2) is 68.8 Å². The third-order valence-electron chi connectivity index (χ3n) is 8.38. The molecular weight excluding hydrogens is 580 g/mol. The number of hydrogen-bond donors (Lipinski definition) is 1. The number of halogens is 2. The van der Waals surface area contributed by atoms with Crippen LogP contribution in [0.25, 0.3) is 27.9 Å². The lowest BCUT2D eigenvalue weighted by atomic mass is 10.1. The minimum absolute atomic E-state index is 0.0212. The second-order valence-corrected chi connectivity index (χ2v) is 11.7. The maximum Gasteiger partial charge on any atom is 0.265 e. The van der Waals surface area contributed by atoms with Crippen molar-refractivity contribution < 1.29 is 22.4 Å². The maximum atomic E-state index is 14.2. The number of amides is 1. The minimum atomic E-state index is -2.77. The van der Waals surface area contributed by atoms with Gasteiger partial charge in [-0.05, 0) is 54.7 Å². The number of piperidine rings is 1. The van der Waals surface area contributed by atoms with E-state index in [1.54, 1.807) is 60.7 Å². The summed E-state index contributed by atoms with van der Waals surface area (Å²) in [7, 11) is 1.55. The number of nitrogens with zero attached hydrogens (tertiary/aromatic N) is 8. The van der Waals surface area contributed by atoms with Crippen LogP contribution in [0.1, 0.15) is 35.9 Å². The Morgan fingerprint density at radius 2 is 2.04 bits per heavy atom. The number of hydrogen-bond acceptors (Lipinski definition) is 9. The van der Waals surface area contributed by atoms with Crippen LogP contribution < -0.4 is 19.9 Å². The lowest BCUT2D eigenvalue weighted by Crippen LogP contribution is -2.42. The predicted molar refractivity (Wildman–Crippen MR) is 167 cm³/mol. The van der Waals surface area contributed by atoms with Crippen LogP contribution in [0.15, 0.2) is 54.9 Å². The highest BCUT2D eigenvalue weighted by Gasteiger charge is 2.39. The molecule has 7 rings (SSSR count). The topological polar surface area (TPSA) is 114 Å². The van der Waals surface area contributed by atoms with Gasteiger partial charge in [-0.25, -0.2) is 23.3 Å². The molecule has 1 aliphatic carbocycles. The Bertz CT molecular complexity index is 2010. The molecular formula is C32H33F2N9O2. The van der Waals surface area contributed by atoms with E-state index in [2.05, 4.69) is 30.6 Å². The zero-order chi connectivity index (χ0) is 33.8. The molecule has 2 atom stereocenters. The number of fused-ring (bicyclic) bond motifs is 2. The summed E-state index contributed by atoms with van der Waals surface area (Å²) in [5.41, 5.74) is 2.35.